The molecule has 2 aromatic heterocycles. The quantitative estimate of drug-likeness (QED) is 0.429. The zero-order valence-electron chi connectivity index (χ0n) is 12.4. The summed E-state index contributed by atoms with van der Waals surface area (Å²) in [5.74, 6) is 0. The minimum Gasteiger partial charge on any atom is -0.330 e. The molecule has 0 atom stereocenters. The lowest BCUT2D eigenvalue weighted by Gasteiger charge is -2.11. The highest BCUT2D eigenvalue weighted by atomic mass is 32.1. The Bertz CT molecular complexity index is 1160. The van der Waals surface area contributed by atoms with Crippen molar-refractivity contribution in [2.75, 3.05) is 0 Å². The van der Waals surface area contributed by atoms with Crippen LogP contribution in [0.2, 0.25) is 0 Å². The van der Waals surface area contributed by atoms with Crippen molar-refractivity contribution in [3.63, 3.8) is 0 Å². The number of aromatic amines is 1. The maximum absolute atomic E-state index is 12.8. The molecule has 0 bridgehead atoms. The second-order valence-corrected chi connectivity index (χ2v) is 5.77. The third kappa shape index (κ3) is 2.09. The van der Waals surface area contributed by atoms with E-state index in [1.54, 1.807) is 7.05 Å². The molecule has 5 heteroatoms. The molecule has 4 rings (SSSR count). The smallest absolute Gasteiger partial charge is 0.262 e. The van der Waals surface area contributed by atoms with Crippen molar-refractivity contribution in [1.29, 1.82) is 0 Å². The van der Waals surface area contributed by atoms with Gasteiger partial charge in [0.1, 0.15) is 0 Å². The minimum absolute atomic E-state index is 0.112. The zero-order chi connectivity index (χ0) is 16.0. The fourth-order valence-electron chi connectivity index (χ4n) is 2.81. The number of fused-ring (bicyclic) bond motifs is 3. The van der Waals surface area contributed by atoms with Crippen LogP contribution in [0, 0.1) is 4.77 Å². The molecule has 4 aromatic rings. The summed E-state index contributed by atoms with van der Waals surface area (Å²) in [6, 6.07) is 17.5. The van der Waals surface area contributed by atoms with Gasteiger partial charge in [-0.1, -0.05) is 48.5 Å². The average molecular weight is 319 g/mol. The normalized spacial score (nSPS) is 11.2. The van der Waals surface area contributed by atoms with Crippen molar-refractivity contribution in [2.45, 2.75) is 0 Å². The van der Waals surface area contributed by atoms with E-state index in [0.717, 1.165) is 22.2 Å². The van der Waals surface area contributed by atoms with Crippen molar-refractivity contribution in [3.05, 3.63) is 69.7 Å². The molecule has 112 valence electrons. The number of aromatic nitrogens is 3. The van der Waals surface area contributed by atoms with Gasteiger partial charge in [-0.3, -0.25) is 9.36 Å². The first-order valence-electron chi connectivity index (χ1n) is 7.24. The molecule has 0 saturated heterocycles. The van der Waals surface area contributed by atoms with Crippen molar-refractivity contribution < 1.29 is 0 Å². The predicted octanol–water partition coefficient (Wildman–Crippen LogP) is 3.81. The summed E-state index contributed by atoms with van der Waals surface area (Å²) in [5, 5.41) is 1.44. The van der Waals surface area contributed by atoms with Crippen molar-refractivity contribution in [2.24, 2.45) is 7.05 Å². The van der Waals surface area contributed by atoms with Crippen LogP contribution < -0.4 is 5.56 Å². The Hall–Kier alpha value is -2.79. The topological polar surface area (TPSA) is 50.7 Å². The van der Waals surface area contributed by atoms with Crippen molar-refractivity contribution in [1.82, 2.24) is 14.5 Å². The third-order valence-electron chi connectivity index (χ3n) is 3.99. The second kappa shape index (κ2) is 5.14. The summed E-state index contributed by atoms with van der Waals surface area (Å²) >= 11 is 5.28. The van der Waals surface area contributed by atoms with Gasteiger partial charge in [0.05, 0.1) is 22.1 Å². The van der Waals surface area contributed by atoms with Crippen LogP contribution in [0.15, 0.2) is 59.4 Å². The third-order valence-corrected chi connectivity index (χ3v) is 4.37. The van der Waals surface area contributed by atoms with Crippen LogP contribution in [-0.4, -0.2) is 14.5 Å². The average Bonchev–Trinajstić information content (AvgIpc) is 2.59. The van der Waals surface area contributed by atoms with Crippen LogP contribution >= 0.6 is 12.2 Å². The first-order chi connectivity index (χ1) is 11.2. The minimum atomic E-state index is -0.112. The SMILES string of the molecule is Cn1c(=S)[nH]c2c(-c3ccccc3)nc3ccccc3c2c1=O. The van der Waals surface area contributed by atoms with Gasteiger partial charge in [0.15, 0.2) is 4.77 Å². The fourth-order valence-corrected chi connectivity index (χ4v) is 3.00. The Labute approximate surface area is 137 Å². The molecule has 0 unspecified atom stereocenters. The van der Waals surface area contributed by atoms with E-state index in [4.69, 9.17) is 17.2 Å². The molecular formula is C18H13N3OS. The van der Waals surface area contributed by atoms with Crippen molar-refractivity contribution in [3.8, 4) is 11.3 Å². The Morgan fingerprint density at radius 3 is 2.52 bits per heavy atom. The summed E-state index contributed by atoms with van der Waals surface area (Å²) in [6.45, 7) is 0. The Morgan fingerprint density at radius 1 is 1.04 bits per heavy atom. The van der Waals surface area contributed by atoms with Crippen LogP contribution in [0.1, 0.15) is 0 Å². The number of hydrogen-bond acceptors (Lipinski definition) is 3. The Balaban J connectivity index is 2.31. The van der Waals surface area contributed by atoms with E-state index in [1.165, 1.54) is 4.57 Å². The maximum atomic E-state index is 12.8. The molecule has 1 N–H and O–H groups in total. The Kier molecular flexibility index (Phi) is 3.09. The number of rotatable bonds is 1. The van der Waals surface area contributed by atoms with Gasteiger partial charge in [-0.25, -0.2) is 4.98 Å². The molecule has 0 amide bonds. The molecule has 0 aliphatic carbocycles. The monoisotopic (exact) mass is 319 g/mol. The van der Waals surface area contributed by atoms with E-state index in [-0.39, 0.29) is 5.56 Å². The van der Waals surface area contributed by atoms with E-state index in [0.29, 0.717) is 15.7 Å². The van der Waals surface area contributed by atoms with Crippen LogP contribution in [-0.2, 0) is 7.05 Å². The second-order valence-electron chi connectivity index (χ2n) is 5.39. The van der Waals surface area contributed by atoms with Gasteiger partial charge in [-0.2, -0.15) is 0 Å². The van der Waals surface area contributed by atoms with Gasteiger partial charge in [-0.15, -0.1) is 0 Å². The predicted molar refractivity (Wildman–Crippen MR) is 95.1 cm³/mol. The number of pyridine rings is 1. The number of H-pyrrole nitrogens is 1. The molecule has 0 saturated carbocycles. The molecular weight excluding hydrogens is 306 g/mol. The molecule has 0 aliphatic rings. The largest absolute Gasteiger partial charge is 0.330 e. The summed E-state index contributed by atoms with van der Waals surface area (Å²) in [5.41, 5.74) is 3.05. The standard InChI is InChI=1S/C18H13N3OS/c1-21-17(22)14-12-9-5-6-10-13(12)19-15(16(14)20-18(21)23)11-7-3-2-4-8-11/h2-10H,1H3,(H,20,23). The molecule has 0 spiro atoms. The number of nitrogens with zero attached hydrogens (tertiary/aromatic N) is 2. The molecule has 0 fully saturated rings. The van der Waals surface area contributed by atoms with Crippen LogP contribution in [0.4, 0.5) is 0 Å². The summed E-state index contributed by atoms with van der Waals surface area (Å²) in [6.07, 6.45) is 0. The number of hydrogen-bond donors (Lipinski definition) is 1. The van der Waals surface area contributed by atoms with Crippen LogP contribution in [0.3, 0.4) is 0 Å². The summed E-state index contributed by atoms with van der Waals surface area (Å²) in [7, 11) is 1.68. The van der Waals surface area contributed by atoms with E-state index in [1.807, 2.05) is 54.6 Å². The summed E-state index contributed by atoms with van der Waals surface area (Å²) in [4.78, 5) is 20.7. The van der Waals surface area contributed by atoms with Gasteiger partial charge in [0.25, 0.3) is 5.56 Å². The highest BCUT2D eigenvalue weighted by Gasteiger charge is 2.14. The lowest BCUT2D eigenvalue weighted by atomic mass is 10.0. The molecule has 0 aliphatic heterocycles. The molecule has 4 nitrogen and oxygen atoms in total. The summed E-state index contributed by atoms with van der Waals surface area (Å²) < 4.78 is 1.84. The number of nitrogens with one attached hydrogen (secondary N) is 1. The van der Waals surface area contributed by atoms with E-state index < -0.39 is 0 Å². The van der Waals surface area contributed by atoms with E-state index in [2.05, 4.69) is 4.98 Å². The van der Waals surface area contributed by atoms with Gasteiger partial charge < -0.3 is 4.98 Å². The molecule has 2 aromatic carbocycles. The van der Waals surface area contributed by atoms with Crippen molar-refractivity contribution >= 4 is 34.0 Å². The molecule has 2 heterocycles. The number of benzene rings is 2. The van der Waals surface area contributed by atoms with E-state index >= 15 is 0 Å². The van der Waals surface area contributed by atoms with Gasteiger partial charge in [0.2, 0.25) is 0 Å². The van der Waals surface area contributed by atoms with Gasteiger partial charge >= 0.3 is 0 Å². The van der Waals surface area contributed by atoms with Gasteiger partial charge in [0, 0.05) is 18.0 Å². The first kappa shape index (κ1) is 13.8. The fraction of sp³-hybridized carbons (Fsp3) is 0.0556. The van der Waals surface area contributed by atoms with Gasteiger partial charge in [-0.05, 0) is 18.3 Å². The van der Waals surface area contributed by atoms with E-state index in [9.17, 15) is 4.79 Å². The lowest BCUT2D eigenvalue weighted by molar-refractivity contribution is 0.825. The number of para-hydroxylation sites is 1. The highest BCUT2D eigenvalue weighted by Crippen LogP contribution is 2.29. The molecule has 0 radical (unpaired) electrons. The van der Waals surface area contributed by atoms with Crippen LogP contribution in [0.5, 0.6) is 0 Å². The first-order valence-corrected chi connectivity index (χ1v) is 7.65. The highest BCUT2D eigenvalue weighted by molar-refractivity contribution is 7.71. The molecule has 23 heavy (non-hydrogen) atoms. The lowest BCUT2D eigenvalue weighted by Crippen LogP contribution is -2.19. The zero-order valence-corrected chi connectivity index (χ0v) is 13.2. The van der Waals surface area contributed by atoms with Crippen LogP contribution in [0.25, 0.3) is 33.1 Å². The maximum Gasteiger partial charge on any atom is 0.262 e. The Morgan fingerprint density at radius 2 is 1.74 bits per heavy atom.